The van der Waals surface area contributed by atoms with E-state index in [9.17, 15) is 4.79 Å². The van der Waals surface area contributed by atoms with Crippen molar-refractivity contribution in [3.63, 3.8) is 0 Å². The Labute approximate surface area is 243 Å². The fourth-order valence-corrected chi connectivity index (χ4v) is 8.30. The van der Waals surface area contributed by atoms with E-state index < -0.39 is 0 Å². The summed E-state index contributed by atoms with van der Waals surface area (Å²) in [7, 11) is 0. The standard InChI is InChI=1S/C27H48ClN5O.C3H4O.CH4/c1-4-6-21-24-22(5-2)32(27(34)20-15-30-26(28)16(3)25(20)29)14-13-23(24)33(31-21)19-11-9-18(10-12-19)17-7-8-17;1-2-3-4;/h16-26,30-31H,4-15,29H2,1-3H3;2-3H,1H2;1H4. The molecule has 1 amide bonds. The lowest BCUT2D eigenvalue weighted by Gasteiger charge is -2.48. The fraction of sp³-hybridized carbons (Fsp3) is 0.871. The van der Waals surface area contributed by atoms with E-state index >= 15 is 0 Å². The molecule has 5 fully saturated rings. The highest BCUT2D eigenvalue weighted by Gasteiger charge is 2.53. The molecule has 0 bridgehead atoms. The quantitative estimate of drug-likeness (QED) is 0.179. The summed E-state index contributed by atoms with van der Waals surface area (Å²) in [5.41, 5.74) is 10.4. The van der Waals surface area contributed by atoms with Crippen LogP contribution in [0.4, 0.5) is 0 Å². The number of carbonyl (C=O) groups excluding carboxylic acids is 2. The van der Waals surface area contributed by atoms with Crippen molar-refractivity contribution >= 4 is 23.8 Å². The number of amides is 1. The van der Waals surface area contributed by atoms with Gasteiger partial charge < -0.3 is 16.0 Å². The second-order valence-electron chi connectivity index (χ2n) is 12.5. The number of aldehydes is 1. The molecule has 7 nitrogen and oxygen atoms in total. The molecule has 2 saturated carbocycles. The number of hydrazine groups is 1. The third-order valence-corrected chi connectivity index (χ3v) is 10.8. The van der Waals surface area contributed by atoms with Gasteiger partial charge in [-0.15, -0.1) is 11.6 Å². The molecule has 8 atom stereocenters. The highest BCUT2D eigenvalue weighted by atomic mass is 35.5. The molecule has 4 N–H and O–H groups in total. The molecule has 3 saturated heterocycles. The van der Waals surface area contributed by atoms with Crippen LogP contribution in [0.3, 0.4) is 0 Å². The first-order chi connectivity index (χ1) is 18.4. The van der Waals surface area contributed by atoms with E-state index in [1.165, 1.54) is 57.4 Å². The first-order valence-corrected chi connectivity index (χ1v) is 15.8. The lowest BCUT2D eigenvalue weighted by Crippen LogP contribution is -2.63. The van der Waals surface area contributed by atoms with Crippen molar-refractivity contribution in [1.29, 1.82) is 0 Å². The van der Waals surface area contributed by atoms with Crippen LogP contribution in [-0.4, -0.2) is 70.9 Å². The van der Waals surface area contributed by atoms with Gasteiger partial charge in [0.25, 0.3) is 0 Å². The van der Waals surface area contributed by atoms with Gasteiger partial charge in [-0.25, -0.2) is 5.01 Å². The second-order valence-corrected chi connectivity index (χ2v) is 13.0. The van der Waals surface area contributed by atoms with E-state index in [0.717, 1.165) is 31.2 Å². The normalized spacial score (nSPS) is 40.5. The number of nitrogens with two attached hydrogens (primary N) is 1. The summed E-state index contributed by atoms with van der Waals surface area (Å²) < 4.78 is 0. The summed E-state index contributed by atoms with van der Waals surface area (Å²) in [5.74, 6) is 2.71. The fourth-order valence-electron chi connectivity index (χ4n) is 8.05. The van der Waals surface area contributed by atoms with Crippen LogP contribution in [0.25, 0.3) is 0 Å². The average Bonchev–Trinajstić information content (AvgIpc) is 3.73. The van der Waals surface area contributed by atoms with Crippen molar-refractivity contribution < 1.29 is 9.59 Å². The Hall–Kier alpha value is -0.990. The van der Waals surface area contributed by atoms with Crippen LogP contribution in [0.5, 0.6) is 0 Å². The molecule has 5 aliphatic rings. The molecule has 8 heteroatoms. The molecular weight excluding hydrogens is 510 g/mol. The Bertz CT molecular complexity index is 796. The lowest BCUT2D eigenvalue weighted by atomic mass is 9.76. The number of piperidine rings is 2. The minimum Gasteiger partial charge on any atom is -0.339 e. The molecule has 0 aromatic rings. The van der Waals surface area contributed by atoms with Crippen molar-refractivity contribution in [1.82, 2.24) is 20.7 Å². The number of hydrogen-bond acceptors (Lipinski definition) is 6. The van der Waals surface area contributed by atoms with Crippen LogP contribution >= 0.6 is 11.6 Å². The largest absolute Gasteiger partial charge is 0.339 e. The molecule has 5 rings (SSSR count). The summed E-state index contributed by atoms with van der Waals surface area (Å²) in [4.78, 5) is 25.1. The van der Waals surface area contributed by atoms with Gasteiger partial charge in [0.2, 0.25) is 5.91 Å². The molecule has 0 radical (unpaired) electrons. The third-order valence-electron chi connectivity index (χ3n) is 10.3. The van der Waals surface area contributed by atoms with Crippen LogP contribution in [0, 0.1) is 29.6 Å². The Morgan fingerprint density at radius 1 is 1.10 bits per heavy atom. The number of rotatable bonds is 7. The van der Waals surface area contributed by atoms with E-state index in [1.54, 1.807) is 0 Å². The predicted molar refractivity (Wildman–Crippen MR) is 161 cm³/mol. The van der Waals surface area contributed by atoms with E-state index in [4.69, 9.17) is 22.1 Å². The molecule has 224 valence electrons. The molecule has 39 heavy (non-hydrogen) atoms. The molecule has 3 aliphatic heterocycles. The third kappa shape index (κ3) is 7.09. The maximum absolute atomic E-state index is 13.9. The topological polar surface area (TPSA) is 90.7 Å². The van der Waals surface area contributed by atoms with Gasteiger partial charge in [-0.05, 0) is 75.7 Å². The highest BCUT2D eigenvalue weighted by molar-refractivity contribution is 6.20. The van der Waals surface area contributed by atoms with Crippen LogP contribution in [0.2, 0.25) is 0 Å². The van der Waals surface area contributed by atoms with E-state index in [-0.39, 0.29) is 36.7 Å². The summed E-state index contributed by atoms with van der Waals surface area (Å²) in [5, 5.41) is 6.02. The van der Waals surface area contributed by atoms with Gasteiger partial charge in [0.1, 0.15) is 6.29 Å². The van der Waals surface area contributed by atoms with Crippen LogP contribution in [0.15, 0.2) is 12.7 Å². The monoisotopic (exact) mass is 565 g/mol. The van der Waals surface area contributed by atoms with Gasteiger partial charge in [-0.2, -0.15) is 0 Å². The minimum absolute atomic E-state index is 0. The summed E-state index contributed by atoms with van der Waals surface area (Å²) in [6, 6.07) is 1.80. The SMILES string of the molecule is C.C=CC=O.CCCC1NN(C2CCC(C3CC3)CC2)C2CCN(C(=O)C3CNC(Cl)C(C)C3N)C(CC)C12. The number of halogens is 1. The maximum atomic E-state index is 13.9. The molecule has 8 unspecified atom stereocenters. The van der Waals surface area contributed by atoms with Gasteiger partial charge in [-0.1, -0.05) is 41.2 Å². The highest BCUT2D eigenvalue weighted by Crippen LogP contribution is 2.46. The number of carbonyl (C=O) groups is 2. The van der Waals surface area contributed by atoms with Gasteiger partial charge in [0.15, 0.2) is 0 Å². The maximum Gasteiger partial charge on any atom is 0.228 e. The molecule has 2 aliphatic carbocycles. The number of allylic oxidation sites excluding steroid dienone is 1. The van der Waals surface area contributed by atoms with Crippen LogP contribution in [0.1, 0.15) is 92.4 Å². The molecule has 0 aromatic carbocycles. The van der Waals surface area contributed by atoms with Gasteiger partial charge in [0, 0.05) is 55.1 Å². The van der Waals surface area contributed by atoms with Crippen molar-refractivity contribution in [2.75, 3.05) is 13.1 Å². The van der Waals surface area contributed by atoms with Crippen molar-refractivity contribution in [2.24, 2.45) is 35.3 Å². The van der Waals surface area contributed by atoms with Gasteiger partial charge in [-0.3, -0.25) is 15.0 Å². The number of alkyl halides is 1. The Kier molecular flexibility index (Phi) is 12.3. The van der Waals surface area contributed by atoms with Crippen molar-refractivity contribution in [3.05, 3.63) is 12.7 Å². The average molecular weight is 566 g/mol. The number of nitrogens with one attached hydrogen (secondary N) is 2. The molecule has 0 spiro atoms. The Balaban J connectivity index is 0.000000788. The van der Waals surface area contributed by atoms with E-state index in [1.807, 2.05) is 0 Å². The zero-order chi connectivity index (χ0) is 27.4. The molecule has 3 heterocycles. The van der Waals surface area contributed by atoms with E-state index in [2.05, 4.69) is 48.0 Å². The number of hydrogen-bond donors (Lipinski definition) is 3. The molecule has 0 aromatic heterocycles. The van der Waals surface area contributed by atoms with Gasteiger partial charge in [0.05, 0.1) is 11.4 Å². The minimum atomic E-state index is -0.183. The summed E-state index contributed by atoms with van der Waals surface area (Å²) in [6.45, 7) is 11.2. The van der Waals surface area contributed by atoms with Crippen LogP contribution < -0.4 is 16.5 Å². The smallest absolute Gasteiger partial charge is 0.228 e. The number of nitrogens with zero attached hydrogens (tertiary/aromatic N) is 2. The summed E-state index contributed by atoms with van der Waals surface area (Å²) >= 11 is 6.39. The zero-order valence-corrected chi connectivity index (χ0v) is 24.6. The number of fused-ring (bicyclic) bond motifs is 1. The zero-order valence-electron chi connectivity index (χ0n) is 23.9. The Morgan fingerprint density at radius 3 is 2.26 bits per heavy atom. The van der Waals surface area contributed by atoms with E-state index in [0.29, 0.717) is 42.9 Å². The predicted octanol–water partition coefficient (Wildman–Crippen LogP) is 4.69. The van der Waals surface area contributed by atoms with Crippen molar-refractivity contribution in [3.8, 4) is 0 Å². The Morgan fingerprint density at radius 2 is 1.72 bits per heavy atom. The second kappa shape index (κ2) is 14.8. The first-order valence-electron chi connectivity index (χ1n) is 15.4. The lowest BCUT2D eigenvalue weighted by molar-refractivity contribution is -0.144. The van der Waals surface area contributed by atoms with Crippen molar-refractivity contribution in [2.45, 2.75) is 128 Å². The first kappa shape index (κ1) is 32.5. The number of likely N-dealkylation sites (tertiary alicyclic amines) is 1. The van der Waals surface area contributed by atoms with Crippen LogP contribution in [-0.2, 0) is 9.59 Å². The van der Waals surface area contributed by atoms with Gasteiger partial charge >= 0.3 is 0 Å². The molecular formula is C31H56ClN5O2. The summed E-state index contributed by atoms with van der Waals surface area (Å²) in [6.07, 6.45) is 14.8.